The fraction of sp³-hybridized carbons (Fsp3) is 0.333. The summed E-state index contributed by atoms with van der Waals surface area (Å²) in [7, 11) is 0. The normalized spacial score (nSPS) is 10.6. The third kappa shape index (κ3) is 2.84. The van der Waals surface area contributed by atoms with Gasteiger partial charge in [0, 0.05) is 0 Å². The summed E-state index contributed by atoms with van der Waals surface area (Å²) in [6.45, 7) is 3.94. The van der Waals surface area contributed by atoms with E-state index in [4.69, 9.17) is 5.11 Å². The van der Waals surface area contributed by atoms with E-state index in [2.05, 4.69) is 24.2 Å². The number of carboxylic acid groups (broad SMARTS) is 1. The molecule has 2 rings (SSSR count). The van der Waals surface area contributed by atoms with Crippen LogP contribution in [0.1, 0.15) is 41.4 Å². The minimum Gasteiger partial charge on any atom is -0.478 e. The van der Waals surface area contributed by atoms with Gasteiger partial charge in [0.1, 0.15) is 5.56 Å². The SMILES string of the molecule is CCCCc1ccc(-n2ncc(C(=O)O)c2C)cc1. The van der Waals surface area contributed by atoms with Crippen molar-refractivity contribution in [1.82, 2.24) is 9.78 Å². The lowest BCUT2D eigenvalue weighted by Crippen LogP contribution is -2.02. The average molecular weight is 258 g/mol. The van der Waals surface area contributed by atoms with Gasteiger partial charge in [-0.3, -0.25) is 0 Å². The number of hydrogen-bond acceptors (Lipinski definition) is 2. The van der Waals surface area contributed by atoms with E-state index in [1.54, 1.807) is 11.6 Å². The number of aryl methyl sites for hydroxylation is 1. The number of benzene rings is 1. The predicted molar refractivity (Wildman–Crippen MR) is 73.9 cm³/mol. The molecule has 1 N–H and O–H groups in total. The minimum atomic E-state index is -0.941. The lowest BCUT2D eigenvalue weighted by Gasteiger charge is -2.06. The van der Waals surface area contributed by atoms with Crippen molar-refractivity contribution in [3.8, 4) is 5.69 Å². The van der Waals surface area contributed by atoms with Gasteiger partial charge >= 0.3 is 5.97 Å². The molecule has 0 unspecified atom stereocenters. The molecule has 0 aliphatic heterocycles. The molecule has 100 valence electrons. The second kappa shape index (κ2) is 5.69. The van der Waals surface area contributed by atoms with Crippen molar-refractivity contribution in [2.75, 3.05) is 0 Å². The Bertz CT molecular complexity index is 570. The molecular weight excluding hydrogens is 240 g/mol. The molecule has 0 saturated carbocycles. The predicted octanol–water partition coefficient (Wildman–Crippen LogP) is 3.22. The Hall–Kier alpha value is -2.10. The Balaban J connectivity index is 2.25. The molecule has 0 aliphatic rings. The van der Waals surface area contributed by atoms with Crippen molar-refractivity contribution in [2.24, 2.45) is 0 Å². The van der Waals surface area contributed by atoms with Crippen molar-refractivity contribution in [2.45, 2.75) is 33.1 Å². The Morgan fingerprint density at radius 3 is 2.53 bits per heavy atom. The van der Waals surface area contributed by atoms with Crippen molar-refractivity contribution < 1.29 is 9.90 Å². The summed E-state index contributed by atoms with van der Waals surface area (Å²) >= 11 is 0. The molecule has 0 spiro atoms. The molecule has 1 aromatic heterocycles. The van der Waals surface area contributed by atoms with Crippen LogP contribution in [-0.2, 0) is 6.42 Å². The largest absolute Gasteiger partial charge is 0.478 e. The number of nitrogens with zero attached hydrogens (tertiary/aromatic N) is 2. The first-order chi connectivity index (χ1) is 9.13. The zero-order valence-corrected chi connectivity index (χ0v) is 11.3. The molecule has 0 amide bonds. The van der Waals surface area contributed by atoms with E-state index in [1.165, 1.54) is 24.6 Å². The fourth-order valence-corrected chi connectivity index (χ4v) is 2.06. The summed E-state index contributed by atoms with van der Waals surface area (Å²) < 4.78 is 1.66. The smallest absolute Gasteiger partial charge is 0.339 e. The third-order valence-electron chi connectivity index (χ3n) is 3.24. The maximum atomic E-state index is 11.0. The fourth-order valence-electron chi connectivity index (χ4n) is 2.06. The highest BCUT2D eigenvalue weighted by Gasteiger charge is 2.13. The summed E-state index contributed by atoms with van der Waals surface area (Å²) in [6.07, 6.45) is 4.84. The standard InChI is InChI=1S/C15H18N2O2/c1-3-4-5-12-6-8-13(9-7-12)17-11(2)14(10-16-17)15(18)19/h6-10H,3-5H2,1-2H3,(H,18,19). The molecule has 0 saturated heterocycles. The zero-order chi connectivity index (χ0) is 13.8. The van der Waals surface area contributed by atoms with E-state index in [9.17, 15) is 4.79 Å². The van der Waals surface area contributed by atoms with E-state index in [-0.39, 0.29) is 5.56 Å². The van der Waals surface area contributed by atoms with Crippen LogP contribution >= 0.6 is 0 Å². The van der Waals surface area contributed by atoms with Gasteiger partial charge in [-0.05, 0) is 37.5 Å². The van der Waals surface area contributed by atoms with Gasteiger partial charge in [0.15, 0.2) is 0 Å². The van der Waals surface area contributed by atoms with Gasteiger partial charge < -0.3 is 5.11 Å². The number of aromatic carboxylic acids is 1. The first-order valence-electron chi connectivity index (χ1n) is 6.50. The molecule has 0 radical (unpaired) electrons. The molecule has 0 aliphatic carbocycles. The second-order valence-corrected chi connectivity index (χ2v) is 4.63. The zero-order valence-electron chi connectivity index (χ0n) is 11.3. The van der Waals surface area contributed by atoms with E-state index < -0.39 is 5.97 Å². The molecule has 4 heteroatoms. The average Bonchev–Trinajstić information content (AvgIpc) is 2.79. The number of carboxylic acids is 1. The third-order valence-corrected chi connectivity index (χ3v) is 3.24. The molecule has 1 aromatic carbocycles. The van der Waals surface area contributed by atoms with E-state index in [0.717, 1.165) is 12.1 Å². The van der Waals surface area contributed by atoms with Gasteiger partial charge in [0.05, 0.1) is 17.6 Å². The second-order valence-electron chi connectivity index (χ2n) is 4.63. The minimum absolute atomic E-state index is 0.245. The van der Waals surface area contributed by atoms with Crippen molar-refractivity contribution in [1.29, 1.82) is 0 Å². The van der Waals surface area contributed by atoms with Gasteiger partial charge in [-0.1, -0.05) is 25.5 Å². The van der Waals surface area contributed by atoms with Crippen molar-refractivity contribution in [3.05, 3.63) is 47.3 Å². The highest BCUT2D eigenvalue weighted by molar-refractivity contribution is 5.88. The van der Waals surface area contributed by atoms with E-state index >= 15 is 0 Å². The van der Waals surface area contributed by atoms with Gasteiger partial charge in [0.25, 0.3) is 0 Å². The van der Waals surface area contributed by atoms with Crippen molar-refractivity contribution in [3.63, 3.8) is 0 Å². The van der Waals surface area contributed by atoms with Crippen LogP contribution in [0.25, 0.3) is 5.69 Å². The van der Waals surface area contributed by atoms with E-state index in [0.29, 0.717) is 5.69 Å². The molecule has 0 bridgehead atoms. The summed E-state index contributed by atoms with van der Waals surface area (Å²) in [5.41, 5.74) is 3.09. The van der Waals surface area contributed by atoms with Gasteiger partial charge in [-0.2, -0.15) is 5.10 Å². The summed E-state index contributed by atoms with van der Waals surface area (Å²) in [5.74, 6) is -0.941. The van der Waals surface area contributed by atoms with Crippen LogP contribution in [0.3, 0.4) is 0 Å². The van der Waals surface area contributed by atoms with Gasteiger partial charge in [-0.15, -0.1) is 0 Å². The van der Waals surface area contributed by atoms with Crippen LogP contribution < -0.4 is 0 Å². The number of hydrogen-bond donors (Lipinski definition) is 1. The highest BCUT2D eigenvalue weighted by Crippen LogP contribution is 2.15. The first kappa shape index (κ1) is 13.3. The molecule has 1 heterocycles. The molecular formula is C15H18N2O2. The molecule has 2 aromatic rings. The summed E-state index contributed by atoms with van der Waals surface area (Å²) in [6, 6.07) is 8.12. The summed E-state index contributed by atoms with van der Waals surface area (Å²) in [4.78, 5) is 11.0. The Labute approximate surface area is 112 Å². The Morgan fingerprint density at radius 1 is 1.32 bits per heavy atom. The Morgan fingerprint density at radius 2 is 2.00 bits per heavy atom. The lowest BCUT2D eigenvalue weighted by molar-refractivity contribution is 0.0696. The van der Waals surface area contributed by atoms with Crippen LogP contribution in [0, 0.1) is 6.92 Å². The van der Waals surface area contributed by atoms with Crippen LogP contribution in [0.5, 0.6) is 0 Å². The van der Waals surface area contributed by atoms with Crippen LogP contribution in [-0.4, -0.2) is 20.9 Å². The quantitative estimate of drug-likeness (QED) is 0.895. The van der Waals surface area contributed by atoms with Crippen LogP contribution in [0.2, 0.25) is 0 Å². The maximum Gasteiger partial charge on any atom is 0.339 e. The van der Waals surface area contributed by atoms with Crippen LogP contribution in [0.15, 0.2) is 30.5 Å². The van der Waals surface area contributed by atoms with Gasteiger partial charge in [0.2, 0.25) is 0 Å². The highest BCUT2D eigenvalue weighted by atomic mass is 16.4. The molecule has 19 heavy (non-hydrogen) atoms. The lowest BCUT2D eigenvalue weighted by atomic mass is 10.1. The Kier molecular flexibility index (Phi) is 4.00. The first-order valence-corrected chi connectivity index (χ1v) is 6.50. The van der Waals surface area contributed by atoms with Crippen LogP contribution in [0.4, 0.5) is 0 Å². The van der Waals surface area contributed by atoms with Crippen molar-refractivity contribution >= 4 is 5.97 Å². The van der Waals surface area contributed by atoms with Gasteiger partial charge in [-0.25, -0.2) is 9.48 Å². The number of unbranched alkanes of at least 4 members (excludes halogenated alkanes) is 1. The number of aromatic nitrogens is 2. The van der Waals surface area contributed by atoms with E-state index in [1.807, 2.05) is 12.1 Å². The molecule has 0 atom stereocenters. The summed E-state index contributed by atoms with van der Waals surface area (Å²) in [5, 5.41) is 13.1. The molecule has 4 nitrogen and oxygen atoms in total. The number of carbonyl (C=O) groups is 1. The maximum absolute atomic E-state index is 11.0. The monoisotopic (exact) mass is 258 g/mol. The number of rotatable bonds is 5. The topological polar surface area (TPSA) is 55.1 Å². The molecule has 0 fully saturated rings.